The fourth-order valence-corrected chi connectivity index (χ4v) is 0.594. The molecule has 2 N–H and O–H groups in total. The molecule has 0 radical (unpaired) electrons. The maximum absolute atomic E-state index is 5.29. The van der Waals surface area contributed by atoms with Gasteiger partial charge in [0.2, 0.25) is 0 Å². The van der Waals surface area contributed by atoms with Gasteiger partial charge in [0.1, 0.15) is 0 Å². The molecule has 0 atom stereocenters. The van der Waals surface area contributed by atoms with Crippen molar-refractivity contribution in [1.29, 1.82) is 0 Å². The third-order valence-electron chi connectivity index (χ3n) is 1.23. The summed E-state index contributed by atoms with van der Waals surface area (Å²) in [7, 11) is 0. The van der Waals surface area contributed by atoms with Gasteiger partial charge < -0.3 is 10.5 Å². The van der Waals surface area contributed by atoms with Crippen molar-refractivity contribution >= 4 is 0 Å². The second-order valence-corrected chi connectivity index (χ2v) is 2.28. The predicted octanol–water partition coefficient (Wildman–Crippen LogP) is 1.67. The van der Waals surface area contributed by atoms with Crippen LogP contribution in [-0.4, -0.2) is 13.2 Å². The molecule has 0 unspecified atom stereocenters. The number of hydrogen-bond acceptors (Lipinski definition) is 2. The van der Waals surface area contributed by atoms with E-state index >= 15 is 0 Å². The molecule has 0 aliphatic carbocycles. The SMILES string of the molecule is C=C(CCN)OCCCC. The van der Waals surface area contributed by atoms with Crippen molar-refractivity contribution in [3.8, 4) is 0 Å². The van der Waals surface area contributed by atoms with Crippen molar-refractivity contribution in [2.45, 2.75) is 26.2 Å². The Bertz CT molecular complexity index is 91.3. The van der Waals surface area contributed by atoms with E-state index in [0.29, 0.717) is 6.54 Å². The van der Waals surface area contributed by atoms with Crippen LogP contribution in [0.5, 0.6) is 0 Å². The molecule has 0 amide bonds. The summed E-state index contributed by atoms with van der Waals surface area (Å²) < 4.78 is 5.25. The maximum Gasteiger partial charge on any atom is 0.0900 e. The monoisotopic (exact) mass is 143 g/mol. The largest absolute Gasteiger partial charge is 0.499 e. The summed E-state index contributed by atoms with van der Waals surface area (Å²) in [6, 6.07) is 0. The van der Waals surface area contributed by atoms with Gasteiger partial charge >= 0.3 is 0 Å². The van der Waals surface area contributed by atoms with Crippen molar-refractivity contribution in [2.75, 3.05) is 13.2 Å². The van der Waals surface area contributed by atoms with Crippen molar-refractivity contribution in [2.24, 2.45) is 5.73 Å². The molecular weight excluding hydrogens is 126 g/mol. The van der Waals surface area contributed by atoms with Crippen molar-refractivity contribution in [3.63, 3.8) is 0 Å². The van der Waals surface area contributed by atoms with E-state index in [4.69, 9.17) is 10.5 Å². The summed E-state index contributed by atoms with van der Waals surface area (Å²) in [5.74, 6) is 0.816. The first-order valence-corrected chi connectivity index (χ1v) is 3.82. The highest BCUT2D eigenvalue weighted by atomic mass is 16.5. The smallest absolute Gasteiger partial charge is 0.0900 e. The van der Waals surface area contributed by atoms with Crippen molar-refractivity contribution in [3.05, 3.63) is 12.3 Å². The lowest BCUT2D eigenvalue weighted by Crippen LogP contribution is -2.02. The molecule has 0 aromatic carbocycles. The van der Waals surface area contributed by atoms with Crippen LogP contribution < -0.4 is 5.73 Å². The Morgan fingerprint density at radius 1 is 1.60 bits per heavy atom. The summed E-state index contributed by atoms with van der Waals surface area (Å²) in [5.41, 5.74) is 5.29. The third kappa shape index (κ3) is 5.63. The summed E-state index contributed by atoms with van der Waals surface area (Å²) in [6.07, 6.45) is 3.04. The zero-order chi connectivity index (χ0) is 7.82. The summed E-state index contributed by atoms with van der Waals surface area (Å²) in [6.45, 7) is 7.26. The Balaban J connectivity index is 3.05. The molecule has 0 saturated carbocycles. The molecule has 0 aromatic heterocycles. The van der Waals surface area contributed by atoms with Gasteiger partial charge in [-0.1, -0.05) is 19.9 Å². The molecule has 10 heavy (non-hydrogen) atoms. The standard InChI is InChI=1S/C8H17NO/c1-3-4-7-10-8(2)5-6-9/h2-7,9H2,1H3. The fourth-order valence-electron chi connectivity index (χ4n) is 0.594. The van der Waals surface area contributed by atoms with E-state index in [2.05, 4.69) is 13.5 Å². The minimum Gasteiger partial charge on any atom is -0.499 e. The molecule has 2 heteroatoms. The van der Waals surface area contributed by atoms with Gasteiger partial charge in [0.05, 0.1) is 12.4 Å². The maximum atomic E-state index is 5.29. The molecular formula is C8H17NO. The lowest BCUT2D eigenvalue weighted by molar-refractivity contribution is 0.200. The second kappa shape index (κ2) is 6.62. The zero-order valence-electron chi connectivity index (χ0n) is 6.73. The van der Waals surface area contributed by atoms with E-state index in [1.165, 1.54) is 0 Å². The molecule has 0 aliphatic heterocycles. The van der Waals surface area contributed by atoms with Gasteiger partial charge in [0.15, 0.2) is 0 Å². The minimum absolute atomic E-state index is 0.630. The highest BCUT2D eigenvalue weighted by Crippen LogP contribution is 1.99. The quantitative estimate of drug-likeness (QED) is 0.453. The van der Waals surface area contributed by atoms with Crippen molar-refractivity contribution in [1.82, 2.24) is 0 Å². The molecule has 0 bridgehead atoms. The second-order valence-electron chi connectivity index (χ2n) is 2.28. The van der Waals surface area contributed by atoms with Gasteiger partial charge in [0.25, 0.3) is 0 Å². The molecule has 0 fully saturated rings. The van der Waals surface area contributed by atoms with E-state index in [-0.39, 0.29) is 0 Å². The Morgan fingerprint density at radius 3 is 2.80 bits per heavy atom. The summed E-state index contributed by atoms with van der Waals surface area (Å²) in [4.78, 5) is 0. The average molecular weight is 143 g/mol. The van der Waals surface area contributed by atoms with Gasteiger partial charge in [-0.05, 0) is 13.0 Å². The number of unbranched alkanes of at least 4 members (excludes halogenated alkanes) is 1. The molecule has 0 rings (SSSR count). The van der Waals surface area contributed by atoms with Gasteiger partial charge in [-0.2, -0.15) is 0 Å². The van der Waals surface area contributed by atoms with Crippen LogP contribution in [0.25, 0.3) is 0 Å². The van der Waals surface area contributed by atoms with Crippen LogP contribution in [0.2, 0.25) is 0 Å². The van der Waals surface area contributed by atoms with Crippen molar-refractivity contribution < 1.29 is 4.74 Å². The predicted molar refractivity (Wildman–Crippen MR) is 43.7 cm³/mol. The highest BCUT2D eigenvalue weighted by molar-refractivity contribution is 4.81. The van der Waals surface area contributed by atoms with E-state index < -0.39 is 0 Å². The van der Waals surface area contributed by atoms with E-state index in [9.17, 15) is 0 Å². The number of rotatable bonds is 6. The van der Waals surface area contributed by atoms with Gasteiger partial charge in [-0.25, -0.2) is 0 Å². The van der Waals surface area contributed by atoms with Crippen LogP contribution in [0.1, 0.15) is 26.2 Å². The Hall–Kier alpha value is -0.500. The number of nitrogens with two attached hydrogens (primary N) is 1. The van der Waals surface area contributed by atoms with Crippen LogP contribution in [0, 0.1) is 0 Å². The summed E-state index contributed by atoms with van der Waals surface area (Å²) >= 11 is 0. The molecule has 0 spiro atoms. The van der Waals surface area contributed by atoms with Crippen LogP contribution >= 0.6 is 0 Å². The minimum atomic E-state index is 0.630. The molecule has 0 aliphatic rings. The third-order valence-corrected chi connectivity index (χ3v) is 1.23. The van der Waals surface area contributed by atoms with E-state index in [1.807, 2.05) is 0 Å². The topological polar surface area (TPSA) is 35.2 Å². The molecule has 0 saturated heterocycles. The first-order chi connectivity index (χ1) is 4.81. The van der Waals surface area contributed by atoms with E-state index in [0.717, 1.165) is 31.6 Å². The lowest BCUT2D eigenvalue weighted by atomic mass is 10.3. The Kier molecular flexibility index (Phi) is 6.29. The number of ether oxygens (including phenoxy) is 1. The Morgan fingerprint density at radius 2 is 2.30 bits per heavy atom. The van der Waals surface area contributed by atoms with Crippen LogP contribution in [0.15, 0.2) is 12.3 Å². The summed E-state index contributed by atoms with van der Waals surface area (Å²) in [5, 5.41) is 0. The normalized spacial score (nSPS) is 9.40. The first-order valence-electron chi connectivity index (χ1n) is 3.82. The highest BCUT2D eigenvalue weighted by Gasteiger charge is 1.91. The van der Waals surface area contributed by atoms with Crippen LogP contribution in [-0.2, 0) is 4.74 Å². The van der Waals surface area contributed by atoms with Gasteiger partial charge in [-0.15, -0.1) is 0 Å². The first kappa shape index (κ1) is 9.50. The molecule has 60 valence electrons. The van der Waals surface area contributed by atoms with Crippen LogP contribution in [0.4, 0.5) is 0 Å². The van der Waals surface area contributed by atoms with Gasteiger partial charge in [-0.3, -0.25) is 0 Å². The molecule has 0 aromatic rings. The fraction of sp³-hybridized carbons (Fsp3) is 0.750. The molecule has 0 heterocycles. The average Bonchev–Trinajstić information content (AvgIpc) is 1.89. The Labute approximate surface area is 63.1 Å². The van der Waals surface area contributed by atoms with Crippen LogP contribution in [0.3, 0.4) is 0 Å². The lowest BCUT2D eigenvalue weighted by Gasteiger charge is -2.05. The van der Waals surface area contributed by atoms with E-state index in [1.54, 1.807) is 0 Å². The zero-order valence-corrected chi connectivity index (χ0v) is 6.73. The number of hydrogen-bond donors (Lipinski definition) is 1. The molecule has 2 nitrogen and oxygen atoms in total. The van der Waals surface area contributed by atoms with Gasteiger partial charge in [0, 0.05) is 6.42 Å².